The molecule has 0 aromatic carbocycles. The van der Waals surface area contributed by atoms with Crippen molar-refractivity contribution in [1.29, 1.82) is 0 Å². The van der Waals surface area contributed by atoms with Gasteiger partial charge in [-0.15, -0.1) is 0 Å². The largest absolute Gasteiger partial charge is 0.462 e. The number of esters is 2. The molecule has 6 atom stereocenters. The van der Waals surface area contributed by atoms with Gasteiger partial charge in [0.1, 0.15) is 36.8 Å². The molecule has 0 saturated carbocycles. The van der Waals surface area contributed by atoms with E-state index in [1.54, 1.807) is 0 Å². The van der Waals surface area contributed by atoms with E-state index in [-0.39, 0.29) is 19.4 Å². The Bertz CT molecular complexity index is 1190. The van der Waals surface area contributed by atoms with Crippen molar-refractivity contribution in [3.8, 4) is 0 Å². The molecule has 0 radical (unpaired) electrons. The SMILES string of the molecule is CCCC/C=C/C/C=C/CCCCCCCC(=O)O[C@H](COC(=O)CCCCCCCCCCCCCCCCCCC)CO[C@H]1O[C@H](CS(=O)(=O)O)[C@@H](O)C(O)C1O. The summed E-state index contributed by atoms with van der Waals surface area (Å²) in [5.41, 5.74) is 0. The molecule has 1 rings (SSSR count). The number of hydrogen-bond donors (Lipinski definition) is 4. The Morgan fingerprint density at radius 3 is 1.54 bits per heavy atom. The number of carbonyl (C=O) groups excluding carboxylic acids is 2. The maximum Gasteiger partial charge on any atom is 0.306 e. The van der Waals surface area contributed by atoms with Crippen LogP contribution in [0.15, 0.2) is 24.3 Å². The minimum atomic E-state index is -4.60. The molecule has 0 aliphatic carbocycles. The molecule has 13 heteroatoms. The summed E-state index contributed by atoms with van der Waals surface area (Å²) in [5, 5.41) is 30.9. The molecule has 0 bridgehead atoms. The van der Waals surface area contributed by atoms with Crippen molar-refractivity contribution in [2.24, 2.45) is 0 Å². The summed E-state index contributed by atoms with van der Waals surface area (Å²) < 4.78 is 54.1. The average Bonchev–Trinajstić information content (AvgIpc) is 3.20. The second-order valence-corrected chi connectivity index (χ2v) is 17.9. The van der Waals surface area contributed by atoms with Gasteiger partial charge in [-0.25, -0.2) is 0 Å². The number of unbranched alkanes of at least 4 members (excludes halogenated alkanes) is 23. The van der Waals surface area contributed by atoms with E-state index in [2.05, 4.69) is 38.2 Å². The van der Waals surface area contributed by atoms with Gasteiger partial charge in [0.05, 0.1) is 6.61 Å². The third-order valence-corrected chi connectivity index (χ3v) is 11.5. The Labute approximate surface area is 358 Å². The van der Waals surface area contributed by atoms with Gasteiger partial charge in [0.15, 0.2) is 12.4 Å². The standard InChI is InChI=1S/C46H84O12S/c1-3-5-7-9-11-13-15-17-19-20-21-23-24-26-28-30-32-34-41(47)55-36-39(37-56-46-45(51)44(50)43(49)40(58-46)38-59(52,53)54)57-42(48)35-33-31-29-27-25-22-18-16-14-12-10-8-6-4-2/h10,12,16,18,39-40,43-46,49-51H,3-9,11,13-15,17,19-38H2,1-2H3,(H,52,53,54)/b12-10+,18-16+/t39-,40-,43-,44?,45?,46+/m1/s1. The van der Waals surface area contributed by atoms with Crippen LogP contribution in [0.3, 0.4) is 0 Å². The molecule has 2 unspecified atom stereocenters. The van der Waals surface area contributed by atoms with E-state index < -0.39 is 71.2 Å². The molecule has 0 spiro atoms. The molecular weight excluding hydrogens is 777 g/mol. The molecule has 0 amide bonds. The molecule has 59 heavy (non-hydrogen) atoms. The summed E-state index contributed by atoms with van der Waals surface area (Å²) in [5.74, 6) is -1.99. The van der Waals surface area contributed by atoms with E-state index in [1.165, 1.54) is 96.3 Å². The smallest absolute Gasteiger partial charge is 0.306 e. The molecule has 1 fully saturated rings. The van der Waals surface area contributed by atoms with E-state index in [4.69, 9.17) is 18.9 Å². The van der Waals surface area contributed by atoms with Crippen molar-refractivity contribution in [1.82, 2.24) is 0 Å². The molecule has 0 aromatic heterocycles. The Kier molecular flexibility index (Phi) is 34.4. The van der Waals surface area contributed by atoms with Crippen LogP contribution in [0.5, 0.6) is 0 Å². The van der Waals surface area contributed by atoms with E-state index in [1.807, 2.05) is 0 Å². The van der Waals surface area contributed by atoms with Crippen molar-refractivity contribution < 1.29 is 56.8 Å². The third kappa shape index (κ3) is 31.6. The third-order valence-electron chi connectivity index (χ3n) is 10.8. The second-order valence-electron chi connectivity index (χ2n) is 16.4. The lowest BCUT2D eigenvalue weighted by atomic mass is 10.00. The number of allylic oxidation sites excluding steroid dienone is 4. The molecule has 1 saturated heterocycles. The lowest BCUT2D eigenvalue weighted by Gasteiger charge is -2.40. The zero-order chi connectivity index (χ0) is 43.4. The molecule has 1 aliphatic heterocycles. The van der Waals surface area contributed by atoms with Gasteiger partial charge in [-0.1, -0.05) is 173 Å². The summed E-state index contributed by atoms with van der Waals surface area (Å²) in [7, 11) is -4.60. The molecule has 1 aliphatic rings. The lowest BCUT2D eigenvalue weighted by molar-refractivity contribution is -0.297. The van der Waals surface area contributed by atoms with Crippen LogP contribution in [0.1, 0.15) is 200 Å². The first kappa shape index (κ1) is 55.1. The molecule has 346 valence electrons. The van der Waals surface area contributed by atoms with Gasteiger partial charge >= 0.3 is 11.9 Å². The molecule has 4 N–H and O–H groups in total. The first-order valence-corrected chi connectivity index (χ1v) is 25.0. The van der Waals surface area contributed by atoms with Crippen LogP contribution in [0, 0.1) is 0 Å². The first-order chi connectivity index (χ1) is 28.5. The second kappa shape index (κ2) is 36.8. The van der Waals surface area contributed by atoms with Crippen molar-refractivity contribution in [3.05, 3.63) is 24.3 Å². The van der Waals surface area contributed by atoms with Crippen molar-refractivity contribution in [3.63, 3.8) is 0 Å². The van der Waals surface area contributed by atoms with Gasteiger partial charge < -0.3 is 34.3 Å². The van der Waals surface area contributed by atoms with Gasteiger partial charge in [-0.05, 0) is 38.5 Å². The summed E-state index contributed by atoms with van der Waals surface area (Å²) in [4.78, 5) is 25.4. The van der Waals surface area contributed by atoms with Crippen molar-refractivity contribution in [2.45, 2.75) is 237 Å². The van der Waals surface area contributed by atoms with Gasteiger partial charge in [0.2, 0.25) is 0 Å². The first-order valence-electron chi connectivity index (χ1n) is 23.4. The van der Waals surface area contributed by atoms with E-state index in [0.717, 1.165) is 64.2 Å². The predicted octanol–water partition coefficient (Wildman–Crippen LogP) is 9.62. The van der Waals surface area contributed by atoms with E-state index >= 15 is 0 Å². The van der Waals surface area contributed by atoms with Crippen molar-refractivity contribution in [2.75, 3.05) is 19.0 Å². The Morgan fingerprint density at radius 2 is 1.03 bits per heavy atom. The lowest BCUT2D eigenvalue weighted by Crippen LogP contribution is -2.60. The fourth-order valence-corrected chi connectivity index (χ4v) is 7.80. The van der Waals surface area contributed by atoms with Crippen LogP contribution in [0.25, 0.3) is 0 Å². The van der Waals surface area contributed by atoms with Crippen LogP contribution in [0.2, 0.25) is 0 Å². The Hall–Kier alpha value is -1.87. The summed E-state index contributed by atoms with van der Waals surface area (Å²) >= 11 is 0. The monoisotopic (exact) mass is 861 g/mol. The van der Waals surface area contributed by atoms with E-state index in [0.29, 0.717) is 12.8 Å². The molecular formula is C46H84O12S. The van der Waals surface area contributed by atoms with Gasteiger partial charge in [0.25, 0.3) is 10.1 Å². The van der Waals surface area contributed by atoms with Crippen LogP contribution in [-0.2, 0) is 38.7 Å². The zero-order valence-corrected chi connectivity index (χ0v) is 37.7. The van der Waals surface area contributed by atoms with Crippen LogP contribution >= 0.6 is 0 Å². The van der Waals surface area contributed by atoms with Crippen LogP contribution in [0.4, 0.5) is 0 Å². The van der Waals surface area contributed by atoms with E-state index in [9.17, 15) is 37.9 Å². The highest BCUT2D eigenvalue weighted by Crippen LogP contribution is 2.24. The average molecular weight is 861 g/mol. The maximum absolute atomic E-state index is 12.8. The van der Waals surface area contributed by atoms with Crippen LogP contribution in [-0.4, -0.2) is 96.0 Å². The normalized spacial score (nSPS) is 20.4. The number of ether oxygens (including phenoxy) is 4. The Balaban J connectivity index is 2.42. The molecule has 0 aromatic rings. The topological polar surface area (TPSA) is 186 Å². The van der Waals surface area contributed by atoms with Gasteiger partial charge in [-0.2, -0.15) is 8.42 Å². The number of aliphatic hydroxyl groups excluding tert-OH is 3. The van der Waals surface area contributed by atoms with Crippen molar-refractivity contribution >= 4 is 22.1 Å². The van der Waals surface area contributed by atoms with Gasteiger partial charge in [0, 0.05) is 12.8 Å². The maximum atomic E-state index is 12.8. The number of rotatable bonds is 39. The summed E-state index contributed by atoms with van der Waals surface area (Å²) in [6.45, 7) is 3.72. The van der Waals surface area contributed by atoms with Crippen LogP contribution < -0.4 is 0 Å². The minimum Gasteiger partial charge on any atom is -0.462 e. The number of aliphatic hydroxyl groups is 3. The summed E-state index contributed by atoms with van der Waals surface area (Å²) in [6.07, 6.45) is 30.8. The molecule has 12 nitrogen and oxygen atoms in total. The highest BCUT2D eigenvalue weighted by Gasteiger charge is 2.46. The highest BCUT2D eigenvalue weighted by molar-refractivity contribution is 7.85. The zero-order valence-electron chi connectivity index (χ0n) is 36.9. The quantitative estimate of drug-likeness (QED) is 0.0199. The predicted molar refractivity (Wildman–Crippen MR) is 233 cm³/mol. The fourth-order valence-electron chi connectivity index (χ4n) is 7.11. The fraction of sp³-hybridized carbons (Fsp3) is 0.870. The highest BCUT2D eigenvalue weighted by atomic mass is 32.2. The van der Waals surface area contributed by atoms with Gasteiger partial charge in [-0.3, -0.25) is 14.1 Å². The number of hydrogen-bond acceptors (Lipinski definition) is 11. The number of carbonyl (C=O) groups is 2. The molecule has 1 heterocycles. The minimum absolute atomic E-state index is 0.151. The summed E-state index contributed by atoms with van der Waals surface area (Å²) in [6, 6.07) is 0. The Morgan fingerprint density at radius 1 is 0.576 bits per heavy atom.